The Labute approximate surface area is 226 Å². The van der Waals surface area contributed by atoms with E-state index in [1.54, 1.807) is 35.1 Å². The Balaban J connectivity index is 1.60. The average molecular weight is 542 g/mol. The Morgan fingerprint density at radius 1 is 1.03 bits per heavy atom. The molecule has 0 atom stereocenters. The maximum absolute atomic E-state index is 12.8. The van der Waals surface area contributed by atoms with Crippen LogP contribution in [0.25, 0.3) is 33.5 Å². The van der Waals surface area contributed by atoms with E-state index in [-0.39, 0.29) is 16.5 Å². The molecule has 0 radical (unpaired) electrons. The van der Waals surface area contributed by atoms with Crippen molar-refractivity contribution < 1.29 is 18.3 Å². The molecule has 0 aliphatic rings. The number of fused-ring (bicyclic) bond motifs is 1. The largest absolute Gasteiger partial charge is 0.478 e. The van der Waals surface area contributed by atoms with Gasteiger partial charge in [-0.1, -0.05) is 43.3 Å². The highest BCUT2D eigenvalue weighted by Crippen LogP contribution is 2.34. The van der Waals surface area contributed by atoms with Crippen LogP contribution < -0.4 is 4.72 Å². The summed E-state index contributed by atoms with van der Waals surface area (Å²) in [6.45, 7) is 5.99. The zero-order valence-corrected chi connectivity index (χ0v) is 22.5. The molecule has 0 bridgehead atoms. The predicted molar refractivity (Wildman–Crippen MR) is 150 cm³/mol. The van der Waals surface area contributed by atoms with Gasteiger partial charge in [-0.15, -0.1) is 0 Å². The van der Waals surface area contributed by atoms with Gasteiger partial charge < -0.3 is 5.11 Å². The van der Waals surface area contributed by atoms with Crippen molar-refractivity contribution in [3.05, 3.63) is 90.3 Å². The number of nitrogens with one attached hydrogen (secondary N) is 1. The summed E-state index contributed by atoms with van der Waals surface area (Å²) >= 11 is 0. The average Bonchev–Trinajstić information content (AvgIpc) is 3.33. The van der Waals surface area contributed by atoms with Gasteiger partial charge in [0, 0.05) is 23.4 Å². The second-order valence-corrected chi connectivity index (χ2v) is 11.1. The number of benzene rings is 2. The number of pyridine rings is 2. The number of anilines is 1. The number of rotatable bonds is 8. The summed E-state index contributed by atoms with van der Waals surface area (Å²) in [6.07, 6.45) is 3.87. The van der Waals surface area contributed by atoms with Crippen molar-refractivity contribution in [3.63, 3.8) is 0 Å². The number of sulfonamides is 1. The monoisotopic (exact) mass is 541 g/mol. The second-order valence-electron chi connectivity index (χ2n) is 9.37. The van der Waals surface area contributed by atoms with Gasteiger partial charge in [0.05, 0.1) is 33.4 Å². The van der Waals surface area contributed by atoms with Crippen LogP contribution in [0.1, 0.15) is 42.7 Å². The molecule has 3 aromatic heterocycles. The van der Waals surface area contributed by atoms with Gasteiger partial charge in [0.1, 0.15) is 5.69 Å². The van der Waals surface area contributed by atoms with Gasteiger partial charge in [-0.3, -0.25) is 9.71 Å². The Kier molecular flexibility index (Phi) is 6.88. The number of aryl methyl sites for hydroxylation is 1. The van der Waals surface area contributed by atoms with Crippen molar-refractivity contribution in [1.82, 2.24) is 19.7 Å². The van der Waals surface area contributed by atoms with Crippen LogP contribution in [-0.2, 0) is 16.4 Å². The first-order valence-corrected chi connectivity index (χ1v) is 14.0. The second kappa shape index (κ2) is 10.3. The predicted octanol–water partition coefficient (Wildman–Crippen LogP) is 5.80. The summed E-state index contributed by atoms with van der Waals surface area (Å²) in [7, 11) is -3.84. The molecule has 2 N–H and O–H groups in total. The van der Waals surface area contributed by atoms with E-state index in [0.717, 1.165) is 12.0 Å². The quantitative estimate of drug-likeness (QED) is 0.254. The fourth-order valence-electron chi connectivity index (χ4n) is 4.35. The molecular weight excluding hydrogens is 514 g/mol. The highest BCUT2D eigenvalue weighted by molar-refractivity contribution is 7.92. The summed E-state index contributed by atoms with van der Waals surface area (Å²) in [4.78, 5) is 21.3. The van der Waals surface area contributed by atoms with Gasteiger partial charge in [0.15, 0.2) is 5.65 Å². The normalized spacial score (nSPS) is 11.7. The van der Waals surface area contributed by atoms with E-state index < -0.39 is 16.0 Å². The van der Waals surface area contributed by atoms with Crippen LogP contribution in [0.15, 0.2) is 84.0 Å². The van der Waals surface area contributed by atoms with Gasteiger partial charge in [0.25, 0.3) is 10.0 Å². The maximum Gasteiger partial charge on any atom is 0.336 e. The van der Waals surface area contributed by atoms with Crippen molar-refractivity contribution in [3.8, 4) is 22.5 Å². The number of carbonyl (C=O) groups is 1. The molecule has 198 valence electrons. The van der Waals surface area contributed by atoms with Crippen molar-refractivity contribution >= 4 is 32.7 Å². The van der Waals surface area contributed by atoms with E-state index in [1.807, 2.05) is 38.1 Å². The van der Waals surface area contributed by atoms with Gasteiger partial charge in [-0.25, -0.2) is 22.9 Å². The molecule has 0 unspecified atom stereocenters. The number of carboxylic acids is 1. The van der Waals surface area contributed by atoms with Crippen molar-refractivity contribution in [2.75, 3.05) is 4.72 Å². The third kappa shape index (κ3) is 5.10. The number of hydrogen-bond donors (Lipinski definition) is 2. The van der Waals surface area contributed by atoms with Crippen LogP contribution in [0.4, 0.5) is 5.69 Å². The highest BCUT2D eigenvalue weighted by Gasteiger charge is 2.24. The Hall–Kier alpha value is -4.57. The summed E-state index contributed by atoms with van der Waals surface area (Å²) in [5.74, 6) is -1.10. The van der Waals surface area contributed by atoms with E-state index in [0.29, 0.717) is 33.7 Å². The molecule has 39 heavy (non-hydrogen) atoms. The lowest BCUT2D eigenvalue weighted by Crippen LogP contribution is -2.12. The molecule has 0 fully saturated rings. The Morgan fingerprint density at radius 3 is 2.31 bits per heavy atom. The third-order valence-corrected chi connectivity index (χ3v) is 7.79. The molecule has 0 saturated heterocycles. The molecular formula is C29H27N5O4S. The fourth-order valence-corrected chi connectivity index (χ4v) is 5.40. The van der Waals surface area contributed by atoms with E-state index in [9.17, 15) is 18.3 Å². The molecule has 2 aromatic carbocycles. The van der Waals surface area contributed by atoms with E-state index in [2.05, 4.69) is 16.6 Å². The smallest absolute Gasteiger partial charge is 0.336 e. The topological polar surface area (TPSA) is 127 Å². The summed E-state index contributed by atoms with van der Waals surface area (Å²) in [6, 6.07) is 18.7. The number of carboxylic acid groups (broad SMARTS) is 1. The zero-order valence-electron chi connectivity index (χ0n) is 21.7. The molecule has 3 heterocycles. The van der Waals surface area contributed by atoms with E-state index in [4.69, 9.17) is 10.1 Å². The van der Waals surface area contributed by atoms with Crippen LogP contribution in [0.3, 0.4) is 0 Å². The van der Waals surface area contributed by atoms with Gasteiger partial charge in [-0.05, 0) is 56.2 Å². The van der Waals surface area contributed by atoms with Crippen LogP contribution in [-0.4, -0.2) is 39.2 Å². The van der Waals surface area contributed by atoms with Crippen molar-refractivity contribution in [2.45, 2.75) is 38.1 Å². The molecule has 0 aliphatic heterocycles. The van der Waals surface area contributed by atoms with E-state index in [1.165, 1.54) is 30.0 Å². The highest BCUT2D eigenvalue weighted by atomic mass is 32.2. The molecule has 0 saturated carbocycles. The van der Waals surface area contributed by atoms with Gasteiger partial charge >= 0.3 is 5.97 Å². The first-order chi connectivity index (χ1) is 18.7. The maximum atomic E-state index is 12.8. The first-order valence-electron chi connectivity index (χ1n) is 12.5. The molecule has 5 rings (SSSR count). The SMILES string of the molecule is CCc1ccc(-c2nn(C(C)C)c3nc(-c4ccc(S(=O)(=O)Nc5cccnc5)cc4)cc(C(=O)O)c23)cc1. The fraction of sp³-hybridized carbons (Fsp3) is 0.172. The lowest BCUT2D eigenvalue weighted by molar-refractivity contribution is 0.0699. The summed E-state index contributed by atoms with van der Waals surface area (Å²) in [5, 5.41) is 15.4. The molecule has 9 nitrogen and oxygen atoms in total. The molecule has 0 aliphatic carbocycles. The number of aromatic nitrogens is 4. The summed E-state index contributed by atoms with van der Waals surface area (Å²) < 4.78 is 29.9. The first kappa shape index (κ1) is 26.1. The summed E-state index contributed by atoms with van der Waals surface area (Å²) in [5.41, 5.74) is 4.39. The molecule has 10 heteroatoms. The van der Waals surface area contributed by atoms with E-state index >= 15 is 0 Å². The lowest BCUT2D eigenvalue weighted by Gasteiger charge is -2.10. The Bertz CT molecular complexity index is 1760. The molecule has 0 spiro atoms. The number of nitrogens with zero attached hydrogens (tertiary/aromatic N) is 4. The minimum absolute atomic E-state index is 0.0553. The zero-order chi connectivity index (χ0) is 27.7. The van der Waals surface area contributed by atoms with Gasteiger partial charge in [0.2, 0.25) is 0 Å². The van der Waals surface area contributed by atoms with Crippen LogP contribution >= 0.6 is 0 Å². The van der Waals surface area contributed by atoms with Gasteiger partial charge in [-0.2, -0.15) is 5.10 Å². The Morgan fingerprint density at radius 2 is 1.72 bits per heavy atom. The number of hydrogen-bond acceptors (Lipinski definition) is 6. The number of aromatic carboxylic acids is 1. The standard InChI is InChI=1S/C29H27N5O4S/c1-4-19-7-9-21(10-8-19)27-26-24(29(35)36)16-25(31-28(26)34(32-27)18(2)3)20-11-13-23(14-12-20)39(37,38)33-22-6-5-15-30-17-22/h5-18,33H,4H2,1-3H3,(H,35,36). The van der Waals surface area contributed by atoms with Crippen molar-refractivity contribution in [1.29, 1.82) is 0 Å². The van der Waals surface area contributed by atoms with Crippen LogP contribution in [0.2, 0.25) is 0 Å². The third-order valence-electron chi connectivity index (χ3n) is 6.39. The minimum atomic E-state index is -3.84. The van der Waals surface area contributed by atoms with Crippen molar-refractivity contribution in [2.24, 2.45) is 0 Å². The minimum Gasteiger partial charge on any atom is -0.478 e. The lowest BCUT2D eigenvalue weighted by atomic mass is 10.0. The molecule has 0 amide bonds. The van der Waals surface area contributed by atoms with Crippen LogP contribution in [0, 0.1) is 0 Å². The molecule has 5 aromatic rings. The van der Waals surface area contributed by atoms with Crippen LogP contribution in [0.5, 0.6) is 0 Å².